The molecule has 32 heavy (non-hydrogen) atoms. The topological polar surface area (TPSA) is 55.2 Å². The van der Waals surface area contributed by atoms with E-state index in [-0.39, 0.29) is 11.5 Å². The van der Waals surface area contributed by atoms with Gasteiger partial charge in [0.2, 0.25) is 0 Å². The molecule has 1 heterocycles. The molecule has 1 aromatic heterocycles. The molecule has 0 aliphatic carbocycles. The summed E-state index contributed by atoms with van der Waals surface area (Å²) in [4.78, 5) is 33.0. The number of aryl methyl sites for hydroxylation is 1. The fraction of sp³-hybridized carbons (Fsp3) is 0.160. The Morgan fingerprint density at radius 3 is 2.47 bits per heavy atom. The number of aromatic nitrogens is 2. The van der Waals surface area contributed by atoms with Crippen LogP contribution in [0.1, 0.15) is 34.7 Å². The Morgan fingerprint density at radius 1 is 1.00 bits per heavy atom. The summed E-state index contributed by atoms with van der Waals surface area (Å²) in [6.45, 7) is 3.81. The summed E-state index contributed by atoms with van der Waals surface area (Å²) in [6.07, 6.45) is 0. The molecule has 0 aliphatic rings. The summed E-state index contributed by atoms with van der Waals surface area (Å²) < 4.78 is 1.58. The molecule has 1 atom stereocenters. The van der Waals surface area contributed by atoms with E-state index in [0.29, 0.717) is 38.0 Å². The molecule has 7 heteroatoms. The third-order valence-corrected chi connectivity index (χ3v) is 6.24. The first-order chi connectivity index (χ1) is 15.3. The molecular formula is C25H21Cl2N3O2. The van der Waals surface area contributed by atoms with Crippen LogP contribution < -0.4 is 5.56 Å². The van der Waals surface area contributed by atoms with Crippen molar-refractivity contribution in [3.63, 3.8) is 0 Å². The molecule has 4 aromatic rings. The lowest BCUT2D eigenvalue weighted by molar-refractivity contribution is 0.0735. The van der Waals surface area contributed by atoms with E-state index in [2.05, 4.69) is 0 Å². The smallest absolute Gasteiger partial charge is 0.266 e. The Morgan fingerprint density at radius 2 is 1.75 bits per heavy atom. The zero-order valence-corrected chi connectivity index (χ0v) is 19.4. The number of fused-ring (bicyclic) bond motifs is 1. The Balaban J connectivity index is 1.87. The van der Waals surface area contributed by atoms with Crippen LogP contribution in [0.15, 0.2) is 71.5 Å². The van der Waals surface area contributed by atoms with Crippen LogP contribution in [-0.4, -0.2) is 27.4 Å². The van der Waals surface area contributed by atoms with E-state index in [9.17, 15) is 9.59 Å². The highest BCUT2D eigenvalue weighted by Crippen LogP contribution is 2.26. The molecule has 5 nitrogen and oxygen atoms in total. The Bertz CT molecular complexity index is 1400. The third kappa shape index (κ3) is 4.01. The van der Waals surface area contributed by atoms with Gasteiger partial charge in [0.25, 0.3) is 11.5 Å². The van der Waals surface area contributed by atoms with Crippen molar-refractivity contribution < 1.29 is 4.79 Å². The summed E-state index contributed by atoms with van der Waals surface area (Å²) in [5.74, 6) is 0.212. The van der Waals surface area contributed by atoms with Gasteiger partial charge in [0.05, 0.1) is 32.7 Å². The van der Waals surface area contributed by atoms with Gasteiger partial charge in [0.15, 0.2) is 0 Å². The molecule has 1 amide bonds. The molecule has 0 saturated carbocycles. The van der Waals surface area contributed by atoms with Crippen molar-refractivity contribution in [1.29, 1.82) is 0 Å². The summed E-state index contributed by atoms with van der Waals surface area (Å²) in [6, 6.07) is 19.1. The molecular weight excluding hydrogens is 445 g/mol. The van der Waals surface area contributed by atoms with Gasteiger partial charge < -0.3 is 4.90 Å². The molecule has 0 saturated heterocycles. The fourth-order valence-electron chi connectivity index (χ4n) is 3.63. The number of nitrogens with zero attached hydrogens (tertiary/aromatic N) is 3. The minimum atomic E-state index is -0.505. The lowest BCUT2D eigenvalue weighted by Crippen LogP contribution is -2.35. The normalized spacial score (nSPS) is 12.0. The van der Waals surface area contributed by atoms with Crippen molar-refractivity contribution in [2.45, 2.75) is 19.9 Å². The van der Waals surface area contributed by atoms with Crippen molar-refractivity contribution in [1.82, 2.24) is 14.5 Å². The van der Waals surface area contributed by atoms with Crippen molar-refractivity contribution >= 4 is 40.0 Å². The van der Waals surface area contributed by atoms with Gasteiger partial charge >= 0.3 is 0 Å². The number of carbonyl (C=O) groups is 1. The number of para-hydroxylation sites is 1. The first-order valence-corrected chi connectivity index (χ1v) is 10.8. The van der Waals surface area contributed by atoms with Gasteiger partial charge in [-0.15, -0.1) is 0 Å². The fourth-order valence-corrected chi connectivity index (χ4v) is 3.93. The average Bonchev–Trinajstić information content (AvgIpc) is 2.79. The first-order valence-electron chi connectivity index (χ1n) is 10.1. The van der Waals surface area contributed by atoms with E-state index >= 15 is 0 Å². The van der Waals surface area contributed by atoms with Crippen LogP contribution in [0, 0.1) is 6.92 Å². The van der Waals surface area contributed by atoms with E-state index in [1.807, 2.05) is 50.2 Å². The molecule has 0 radical (unpaired) electrons. The maximum absolute atomic E-state index is 13.5. The van der Waals surface area contributed by atoms with Crippen molar-refractivity contribution in [2.75, 3.05) is 7.05 Å². The Kier molecular flexibility index (Phi) is 6.04. The minimum Gasteiger partial charge on any atom is -0.332 e. The number of rotatable bonds is 4. The summed E-state index contributed by atoms with van der Waals surface area (Å²) in [5.41, 5.74) is 2.52. The van der Waals surface area contributed by atoms with Crippen LogP contribution in [0.2, 0.25) is 10.0 Å². The summed E-state index contributed by atoms with van der Waals surface area (Å²) in [7, 11) is 1.68. The molecule has 0 bridgehead atoms. The van der Waals surface area contributed by atoms with E-state index < -0.39 is 6.04 Å². The zero-order chi connectivity index (χ0) is 23.0. The SMILES string of the molecule is Cc1cccc(-n2c(C(C)N(C)C(=O)c3ccc(Cl)c(Cl)c3)nc3ccccc3c2=O)c1. The summed E-state index contributed by atoms with van der Waals surface area (Å²) >= 11 is 12.1. The van der Waals surface area contributed by atoms with E-state index in [0.717, 1.165) is 5.56 Å². The van der Waals surface area contributed by atoms with Crippen LogP contribution in [-0.2, 0) is 0 Å². The molecule has 0 fully saturated rings. The predicted molar refractivity (Wildman–Crippen MR) is 129 cm³/mol. The molecule has 0 spiro atoms. The lowest BCUT2D eigenvalue weighted by atomic mass is 10.1. The molecule has 0 aliphatic heterocycles. The van der Waals surface area contributed by atoms with Gasteiger partial charge in [-0.05, 0) is 61.9 Å². The molecule has 4 rings (SSSR count). The Labute approximate surface area is 195 Å². The number of carbonyl (C=O) groups excluding carboxylic acids is 1. The number of hydrogen-bond donors (Lipinski definition) is 0. The van der Waals surface area contributed by atoms with Crippen molar-refractivity contribution in [3.8, 4) is 5.69 Å². The summed E-state index contributed by atoms with van der Waals surface area (Å²) in [5, 5.41) is 1.20. The maximum Gasteiger partial charge on any atom is 0.266 e. The first kappa shape index (κ1) is 22.1. The van der Waals surface area contributed by atoms with E-state index in [4.69, 9.17) is 28.2 Å². The average molecular weight is 466 g/mol. The van der Waals surface area contributed by atoms with Crippen LogP contribution in [0.3, 0.4) is 0 Å². The van der Waals surface area contributed by atoms with E-state index in [1.165, 1.54) is 6.07 Å². The highest BCUT2D eigenvalue weighted by Gasteiger charge is 2.25. The zero-order valence-electron chi connectivity index (χ0n) is 17.8. The standard InChI is InChI=1S/C25H21Cl2N3O2/c1-15-7-6-8-18(13-15)30-23(28-22-10-5-4-9-19(22)25(30)32)16(2)29(3)24(31)17-11-12-20(26)21(27)14-17/h4-14,16H,1-3H3. The highest BCUT2D eigenvalue weighted by molar-refractivity contribution is 6.42. The van der Waals surface area contributed by atoms with Gasteiger partial charge in [-0.1, -0.05) is 47.5 Å². The van der Waals surface area contributed by atoms with Gasteiger partial charge in [-0.25, -0.2) is 4.98 Å². The van der Waals surface area contributed by atoms with Crippen LogP contribution in [0.5, 0.6) is 0 Å². The molecule has 162 valence electrons. The van der Waals surface area contributed by atoms with Crippen LogP contribution in [0.4, 0.5) is 0 Å². The second-order valence-corrected chi connectivity index (χ2v) is 8.50. The lowest BCUT2D eigenvalue weighted by Gasteiger charge is -2.27. The van der Waals surface area contributed by atoms with Gasteiger partial charge in [0, 0.05) is 12.6 Å². The minimum absolute atomic E-state index is 0.182. The Hall–Kier alpha value is -3.15. The molecule has 3 aromatic carbocycles. The largest absolute Gasteiger partial charge is 0.332 e. The predicted octanol–water partition coefficient (Wildman–Crippen LogP) is 5.83. The number of hydrogen-bond acceptors (Lipinski definition) is 3. The number of amides is 1. The number of halogens is 2. The number of benzene rings is 3. The third-order valence-electron chi connectivity index (χ3n) is 5.50. The van der Waals surface area contributed by atoms with Crippen LogP contribution in [0.25, 0.3) is 16.6 Å². The second kappa shape index (κ2) is 8.77. The van der Waals surface area contributed by atoms with Gasteiger partial charge in [0.1, 0.15) is 5.82 Å². The van der Waals surface area contributed by atoms with Crippen molar-refractivity contribution in [2.24, 2.45) is 0 Å². The second-order valence-electron chi connectivity index (χ2n) is 7.69. The monoisotopic (exact) mass is 465 g/mol. The van der Waals surface area contributed by atoms with Crippen LogP contribution >= 0.6 is 23.2 Å². The van der Waals surface area contributed by atoms with Gasteiger partial charge in [-0.3, -0.25) is 14.2 Å². The molecule has 1 unspecified atom stereocenters. The maximum atomic E-state index is 13.5. The highest BCUT2D eigenvalue weighted by atomic mass is 35.5. The molecule has 0 N–H and O–H groups in total. The van der Waals surface area contributed by atoms with Crippen molar-refractivity contribution in [3.05, 3.63) is 104 Å². The van der Waals surface area contributed by atoms with E-state index in [1.54, 1.807) is 40.8 Å². The quantitative estimate of drug-likeness (QED) is 0.380. The van der Waals surface area contributed by atoms with Gasteiger partial charge in [-0.2, -0.15) is 0 Å².